The van der Waals surface area contributed by atoms with Gasteiger partial charge in [-0.25, -0.2) is 0 Å². The van der Waals surface area contributed by atoms with Gasteiger partial charge in [0.2, 0.25) is 5.91 Å². The van der Waals surface area contributed by atoms with Crippen LogP contribution < -0.4 is 25.4 Å². The molecule has 0 radical (unpaired) electrons. The van der Waals surface area contributed by atoms with Crippen molar-refractivity contribution in [3.05, 3.63) is 82.4 Å². The van der Waals surface area contributed by atoms with E-state index in [0.717, 1.165) is 0 Å². The minimum Gasteiger partial charge on any atom is -0.495 e. The summed E-state index contributed by atoms with van der Waals surface area (Å²) in [5.74, 6) is 0.216. The molecule has 0 aromatic heterocycles. The van der Waals surface area contributed by atoms with Gasteiger partial charge in [0.05, 0.1) is 37.1 Å². The van der Waals surface area contributed by atoms with Crippen molar-refractivity contribution in [2.75, 3.05) is 36.7 Å². The van der Waals surface area contributed by atoms with E-state index >= 15 is 0 Å². The fraction of sp³-hybridized carbons (Fsp3) is 0.130. The Hall–Kier alpha value is -4.60. The number of non-ortho nitro benzene ring substituents is 1. The summed E-state index contributed by atoms with van der Waals surface area (Å²) in [5, 5.41) is 19.3. The Morgan fingerprint density at radius 3 is 2.21 bits per heavy atom. The van der Waals surface area contributed by atoms with Gasteiger partial charge in [0, 0.05) is 23.4 Å². The SMILES string of the molecule is COc1ccc([N+](=O)[O-])cc1NCC(=O)Nc1ccc(C(=O)Nc2ccccc2OC)cc1. The molecule has 10 heteroatoms. The van der Waals surface area contributed by atoms with Gasteiger partial charge in [0.1, 0.15) is 11.5 Å². The number of nitrogens with zero attached hydrogens (tertiary/aromatic N) is 1. The van der Waals surface area contributed by atoms with Gasteiger partial charge in [-0.2, -0.15) is 0 Å². The number of methoxy groups -OCH3 is 2. The van der Waals surface area contributed by atoms with Gasteiger partial charge in [0.15, 0.2) is 0 Å². The molecule has 3 rings (SSSR count). The molecule has 3 N–H and O–H groups in total. The second-order valence-corrected chi connectivity index (χ2v) is 6.78. The fourth-order valence-electron chi connectivity index (χ4n) is 2.98. The first-order chi connectivity index (χ1) is 15.9. The van der Waals surface area contributed by atoms with Crippen LogP contribution in [0.2, 0.25) is 0 Å². The topological polar surface area (TPSA) is 132 Å². The Kier molecular flexibility index (Phi) is 7.43. The first-order valence-electron chi connectivity index (χ1n) is 9.82. The number of rotatable bonds is 9. The number of anilines is 3. The number of carbonyl (C=O) groups is 2. The predicted molar refractivity (Wildman–Crippen MR) is 124 cm³/mol. The van der Waals surface area contributed by atoms with Crippen molar-refractivity contribution in [1.29, 1.82) is 0 Å². The lowest BCUT2D eigenvalue weighted by molar-refractivity contribution is -0.384. The zero-order chi connectivity index (χ0) is 23.8. The monoisotopic (exact) mass is 450 g/mol. The first kappa shape index (κ1) is 23.1. The zero-order valence-electron chi connectivity index (χ0n) is 18.0. The van der Waals surface area contributed by atoms with Gasteiger partial charge < -0.3 is 25.4 Å². The minimum atomic E-state index is -0.531. The molecule has 0 bridgehead atoms. The van der Waals surface area contributed by atoms with Crippen LogP contribution in [-0.2, 0) is 4.79 Å². The molecular formula is C23H22N4O6. The van der Waals surface area contributed by atoms with Crippen molar-refractivity contribution in [2.45, 2.75) is 0 Å². The molecule has 0 saturated carbocycles. The second kappa shape index (κ2) is 10.6. The lowest BCUT2D eigenvalue weighted by Gasteiger charge is -2.12. The highest BCUT2D eigenvalue weighted by Crippen LogP contribution is 2.28. The Balaban J connectivity index is 1.59. The van der Waals surface area contributed by atoms with E-state index in [1.165, 1.54) is 32.4 Å². The van der Waals surface area contributed by atoms with Crippen molar-refractivity contribution in [3.8, 4) is 11.5 Å². The molecule has 10 nitrogen and oxygen atoms in total. The van der Waals surface area contributed by atoms with Gasteiger partial charge in [-0.15, -0.1) is 0 Å². The molecule has 0 atom stereocenters. The molecule has 0 unspecified atom stereocenters. The largest absolute Gasteiger partial charge is 0.495 e. The Bertz CT molecular complexity index is 1160. The number of nitro groups is 1. The normalized spacial score (nSPS) is 10.1. The predicted octanol–water partition coefficient (Wildman–Crippen LogP) is 3.91. The zero-order valence-corrected chi connectivity index (χ0v) is 18.0. The number of benzene rings is 3. The lowest BCUT2D eigenvalue weighted by atomic mass is 10.2. The van der Waals surface area contributed by atoms with E-state index in [1.807, 2.05) is 0 Å². The van der Waals surface area contributed by atoms with Crippen molar-refractivity contribution in [2.24, 2.45) is 0 Å². The quantitative estimate of drug-likeness (QED) is 0.333. The van der Waals surface area contributed by atoms with E-state index in [-0.39, 0.29) is 24.0 Å². The highest BCUT2D eigenvalue weighted by Gasteiger charge is 2.13. The van der Waals surface area contributed by atoms with Crippen LogP contribution in [0.3, 0.4) is 0 Å². The highest BCUT2D eigenvalue weighted by molar-refractivity contribution is 6.05. The van der Waals surface area contributed by atoms with Crippen LogP contribution in [0.5, 0.6) is 11.5 Å². The number of ether oxygens (including phenoxy) is 2. The third-order valence-electron chi connectivity index (χ3n) is 4.62. The third kappa shape index (κ3) is 5.97. The van der Waals surface area contributed by atoms with E-state index in [0.29, 0.717) is 34.1 Å². The number of carbonyl (C=O) groups excluding carboxylic acids is 2. The number of hydrogen-bond donors (Lipinski definition) is 3. The minimum absolute atomic E-state index is 0.124. The molecule has 170 valence electrons. The fourth-order valence-corrected chi connectivity index (χ4v) is 2.98. The Labute approximate surface area is 189 Å². The number of hydrogen-bond acceptors (Lipinski definition) is 7. The van der Waals surface area contributed by atoms with Gasteiger partial charge in [-0.05, 0) is 42.5 Å². The maximum atomic E-state index is 12.5. The summed E-state index contributed by atoms with van der Waals surface area (Å²) in [7, 11) is 2.95. The summed E-state index contributed by atoms with van der Waals surface area (Å²) in [6.45, 7) is -0.145. The smallest absolute Gasteiger partial charge is 0.271 e. The van der Waals surface area contributed by atoms with Gasteiger partial charge in [-0.3, -0.25) is 19.7 Å². The van der Waals surface area contributed by atoms with Crippen LogP contribution in [0.25, 0.3) is 0 Å². The first-order valence-corrected chi connectivity index (χ1v) is 9.82. The average Bonchev–Trinajstić information content (AvgIpc) is 2.83. The van der Waals surface area contributed by atoms with E-state index in [4.69, 9.17) is 9.47 Å². The summed E-state index contributed by atoms with van der Waals surface area (Å²) < 4.78 is 10.4. The molecule has 33 heavy (non-hydrogen) atoms. The molecule has 0 fully saturated rings. The number of para-hydroxylation sites is 2. The molecule has 0 saturated heterocycles. The maximum Gasteiger partial charge on any atom is 0.271 e. The third-order valence-corrected chi connectivity index (χ3v) is 4.62. The number of nitrogens with one attached hydrogen (secondary N) is 3. The molecule has 0 heterocycles. The summed E-state index contributed by atoms with van der Waals surface area (Å²) in [6.07, 6.45) is 0. The summed E-state index contributed by atoms with van der Waals surface area (Å²) in [4.78, 5) is 35.2. The molecule has 0 spiro atoms. The molecule has 2 amide bonds. The lowest BCUT2D eigenvalue weighted by Crippen LogP contribution is -2.22. The van der Waals surface area contributed by atoms with Crippen LogP contribution in [0.4, 0.5) is 22.7 Å². The molecule has 3 aromatic rings. The molecular weight excluding hydrogens is 428 g/mol. The Morgan fingerprint density at radius 2 is 1.55 bits per heavy atom. The van der Waals surface area contributed by atoms with Crippen molar-refractivity contribution < 1.29 is 24.0 Å². The van der Waals surface area contributed by atoms with E-state index < -0.39 is 4.92 Å². The van der Waals surface area contributed by atoms with Crippen LogP contribution in [0, 0.1) is 10.1 Å². The number of nitro benzene ring substituents is 1. The van der Waals surface area contributed by atoms with Crippen LogP contribution in [0.15, 0.2) is 66.7 Å². The van der Waals surface area contributed by atoms with Gasteiger partial charge >= 0.3 is 0 Å². The number of amides is 2. The van der Waals surface area contributed by atoms with Crippen LogP contribution in [-0.4, -0.2) is 37.5 Å². The van der Waals surface area contributed by atoms with Gasteiger partial charge in [0.25, 0.3) is 11.6 Å². The van der Waals surface area contributed by atoms with E-state index in [2.05, 4.69) is 16.0 Å². The van der Waals surface area contributed by atoms with Crippen molar-refractivity contribution in [3.63, 3.8) is 0 Å². The highest BCUT2D eigenvalue weighted by atomic mass is 16.6. The van der Waals surface area contributed by atoms with E-state index in [1.54, 1.807) is 48.5 Å². The average molecular weight is 450 g/mol. The Morgan fingerprint density at radius 1 is 0.879 bits per heavy atom. The maximum absolute atomic E-state index is 12.5. The summed E-state index contributed by atoms with van der Waals surface area (Å²) >= 11 is 0. The molecule has 0 aliphatic carbocycles. The van der Waals surface area contributed by atoms with E-state index in [9.17, 15) is 19.7 Å². The molecule has 3 aromatic carbocycles. The van der Waals surface area contributed by atoms with Crippen molar-refractivity contribution >= 4 is 34.6 Å². The van der Waals surface area contributed by atoms with Crippen molar-refractivity contribution in [1.82, 2.24) is 0 Å². The molecule has 0 aliphatic rings. The second-order valence-electron chi connectivity index (χ2n) is 6.78. The van der Waals surface area contributed by atoms with Gasteiger partial charge in [-0.1, -0.05) is 12.1 Å². The standard InChI is InChI=1S/C23H22N4O6/c1-32-20-6-4-3-5-18(20)26-23(29)15-7-9-16(10-8-15)25-22(28)14-24-19-13-17(27(30)31)11-12-21(19)33-2/h3-13,24H,14H2,1-2H3,(H,25,28)(H,26,29). The summed E-state index contributed by atoms with van der Waals surface area (Å²) in [5.41, 5.74) is 1.64. The van der Waals surface area contributed by atoms with Crippen LogP contribution >= 0.6 is 0 Å². The molecule has 0 aliphatic heterocycles. The summed E-state index contributed by atoms with van der Waals surface area (Å²) in [6, 6.07) is 17.5. The van der Waals surface area contributed by atoms with Crippen LogP contribution in [0.1, 0.15) is 10.4 Å².